The van der Waals surface area contributed by atoms with Crippen LogP contribution >= 0.6 is 15.9 Å². The zero-order valence-electron chi connectivity index (χ0n) is 6.83. The molecule has 68 valence electrons. The highest BCUT2D eigenvalue weighted by Gasteiger charge is 2.05. The van der Waals surface area contributed by atoms with Crippen molar-refractivity contribution in [3.63, 3.8) is 0 Å². The number of nitrogens with one attached hydrogen (secondary N) is 1. The molecule has 6 heteroatoms. The van der Waals surface area contributed by atoms with Gasteiger partial charge in [-0.25, -0.2) is 0 Å². The van der Waals surface area contributed by atoms with Crippen molar-refractivity contribution in [1.82, 2.24) is 5.32 Å². The van der Waals surface area contributed by atoms with Crippen LogP contribution in [0.1, 0.15) is 13.3 Å². The van der Waals surface area contributed by atoms with Crippen LogP contribution in [-0.2, 0) is 4.79 Å². The molecule has 0 rings (SSSR count). The van der Waals surface area contributed by atoms with Gasteiger partial charge in [-0.15, -0.1) is 0 Å². The van der Waals surface area contributed by atoms with Crippen molar-refractivity contribution < 1.29 is 4.79 Å². The zero-order chi connectivity index (χ0) is 9.40. The summed E-state index contributed by atoms with van der Waals surface area (Å²) in [5.74, 6) is -0.0454. The first-order valence-corrected chi connectivity index (χ1v) is 4.52. The second kappa shape index (κ2) is 6.94. The molecule has 0 saturated heterocycles. The maximum atomic E-state index is 10.9. The Kier molecular flexibility index (Phi) is 6.51. The summed E-state index contributed by atoms with van der Waals surface area (Å²) >= 11 is 3.13. The van der Waals surface area contributed by atoms with E-state index in [0.717, 1.165) is 0 Å². The van der Waals surface area contributed by atoms with Crippen molar-refractivity contribution in [2.45, 2.75) is 18.2 Å². The van der Waals surface area contributed by atoms with E-state index in [9.17, 15) is 4.79 Å². The lowest BCUT2D eigenvalue weighted by atomic mass is 10.4. The van der Waals surface area contributed by atoms with Crippen LogP contribution in [0, 0.1) is 0 Å². The van der Waals surface area contributed by atoms with Gasteiger partial charge in [0, 0.05) is 18.0 Å². The van der Waals surface area contributed by atoms with E-state index in [-0.39, 0.29) is 10.7 Å². The van der Waals surface area contributed by atoms with Gasteiger partial charge in [-0.3, -0.25) is 4.79 Å². The molecular formula is C6H11BrN4O. The fraction of sp³-hybridized carbons (Fsp3) is 0.833. The van der Waals surface area contributed by atoms with Crippen LogP contribution in [0.3, 0.4) is 0 Å². The Morgan fingerprint density at radius 1 is 1.83 bits per heavy atom. The van der Waals surface area contributed by atoms with Gasteiger partial charge in [-0.05, 0) is 18.9 Å². The summed E-state index contributed by atoms with van der Waals surface area (Å²) in [4.78, 5) is 13.3. The lowest BCUT2D eigenvalue weighted by Crippen LogP contribution is -2.30. The minimum atomic E-state index is -0.169. The predicted octanol–water partition coefficient (Wildman–Crippen LogP) is 1.59. The summed E-state index contributed by atoms with van der Waals surface area (Å²) in [6.07, 6.45) is 0.676. The molecule has 12 heavy (non-hydrogen) atoms. The molecule has 0 fully saturated rings. The number of carbonyl (C=O) groups excluding carboxylic acids is 1. The number of halogens is 1. The average molecular weight is 235 g/mol. The second-order valence-electron chi connectivity index (χ2n) is 2.22. The van der Waals surface area contributed by atoms with E-state index in [1.54, 1.807) is 6.92 Å². The Balaban J connectivity index is 3.31. The molecule has 1 N–H and O–H groups in total. The van der Waals surface area contributed by atoms with Gasteiger partial charge >= 0.3 is 0 Å². The maximum Gasteiger partial charge on any atom is 0.233 e. The molecule has 0 aromatic rings. The smallest absolute Gasteiger partial charge is 0.233 e. The van der Waals surface area contributed by atoms with E-state index in [4.69, 9.17) is 5.53 Å². The second-order valence-corrected chi connectivity index (χ2v) is 3.59. The largest absolute Gasteiger partial charge is 0.355 e. The maximum absolute atomic E-state index is 10.9. The van der Waals surface area contributed by atoms with E-state index < -0.39 is 0 Å². The number of azide groups is 1. The molecule has 1 unspecified atom stereocenters. The number of amides is 1. The minimum absolute atomic E-state index is 0.0454. The first-order valence-electron chi connectivity index (χ1n) is 3.61. The molecule has 0 aliphatic rings. The van der Waals surface area contributed by atoms with Crippen molar-refractivity contribution >= 4 is 21.8 Å². The normalized spacial score (nSPS) is 11.5. The molecule has 0 bridgehead atoms. The molecule has 0 aromatic heterocycles. The van der Waals surface area contributed by atoms with E-state index in [0.29, 0.717) is 19.5 Å². The summed E-state index contributed by atoms with van der Waals surface area (Å²) in [7, 11) is 0. The summed E-state index contributed by atoms with van der Waals surface area (Å²) in [6.45, 7) is 2.73. The number of rotatable bonds is 5. The van der Waals surface area contributed by atoms with Crippen LogP contribution in [0.5, 0.6) is 0 Å². The van der Waals surface area contributed by atoms with Crippen LogP contribution in [0.25, 0.3) is 10.4 Å². The molecule has 0 aromatic carbocycles. The Labute approximate surface area is 79.3 Å². The quantitative estimate of drug-likeness (QED) is 0.253. The number of carbonyl (C=O) groups is 1. The van der Waals surface area contributed by atoms with Crippen LogP contribution in [0.15, 0.2) is 5.11 Å². The molecule has 0 aliphatic heterocycles. The van der Waals surface area contributed by atoms with Gasteiger partial charge in [0.2, 0.25) is 5.91 Å². The summed E-state index contributed by atoms with van der Waals surface area (Å²) < 4.78 is 0. The zero-order valence-corrected chi connectivity index (χ0v) is 8.41. The lowest BCUT2D eigenvalue weighted by Gasteiger charge is -2.04. The predicted molar refractivity (Wildman–Crippen MR) is 50.0 cm³/mol. The van der Waals surface area contributed by atoms with Gasteiger partial charge in [0.15, 0.2) is 0 Å². The SMILES string of the molecule is CC(Br)C(=O)NCCCN=[N+]=[N-]. The highest BCUT2D eigenvalue weighted by Crippen LogP contribution is 1.95. The van der Waals surface area contributed by atoms with E-state index >= 15 is 0 Å². The third kappa shape index (κ3) is 6.00. The average Bonchev–Trinajstić information content (AvgIpc) is 2.03. The molecule has 1 atom stereocenters. The van der Waals surface area contributed by atoms with Crippen molar-refractivity contribution in [2.75, 3.05) is 13.1 Å². The molecule has 0 radical (unpaired) electrons. The highest BCUT2D eigenvalue weighted by molar-refractivity contribution is 9.10. The monoisotopic (exact) mass is 234 g/mol. The van der Waals surface area contributed by atoms with E-state index in [1.165, 1.54) is 0 Å². The lowest BCUT2D eigenvalue weighted by molar-refractivity contribution is -0.120. The fourth-order valence-electron chi connectivity index (χ4n) is 0.547. The summed E-state index contributed by atoms with van der Waals surface area (Å²) in [6, 6.07) is 0. The van der Waals surface area contributed by atoms with Crippen LogP contribution in [0.2, 0.25) is 0 Å². The van der Waals surface area contributed by atoms with Crippen LogP contribution in [-0.4, -0.2) is 23.8 Å². The first-order chi connectivity index (χ1) is 5.68. The van der Waals surface area contributed by atoms with Crippen molar-refractivity contribution in [3.8, 4) is 0 Å². The summed E-state index contributed by atoms with van der Waals surface area (Å²) in [5.41, 5.74) is 7.93. The van der Waals surface area contributed by atoms with E-state index in [1.807, 2.05) is 0 Å². The van der Waals surface area contributed by atoms with Crippen molar-refractivity contribution in [2.24, 2.45) is 5.11 Å². The molecular weight excluding hydrogens is 224 g/mol. The number of alkyl halides is 1. The Bertz CT molecular complexity index is 188. The topological polar surface area (TPSA) is 77.9 Å². The van der Waals surface area contributed by atoms with Gasteiger partial charge in [0.25, 0.3) is 0 Å². The summed E-state index contributed by atoms with van der Waals surface area (Å²) in [5, 5.41) is 6.00. The fourth-order valence-corrected chi connectivity index (χ4v) is 0.709. The van der Waals surface area contributed by atoms with Gasteiger partial charge < -0.3 is 5.32 Å². The molecule has 1 amide bonds. The van der Waals surface area contributed by atoms with Crippen LogP contribution in [0.4, 0.5) is 0 Å². The minimum Gasteiger partial charge on any atom is -0.355 e. The number of hydrogen-bond donors (Lipinski definition) is 1. The molecule has 0 heterocycles. The van der Waals surface area contributed by atoms with Gasteiger partial charge in [0.05, 0.1) is 4.83 Å². The van der Waals surface area contributed by atoms with Gasteiger partial charge in [-0.2, -0.15) is 0 Å². The first kappa shape index (κ1) is 11.3. The molecule has 5 nitrogen and oxygen atoms in total. The Morgan fingerprint density at radius 3 is 3.00 bits per heavy atom. The van der Waals surface area contributed by atoms with Crippen LogP contribution < -0.4 is 5.32 Å². The van der Waals surface area contributed by atoms with Crippen molar-refractivity contribution in [1.29, 1.82) is 0 Å². The number of nitrogens with zero attached hydrogens (tertiary/aromatic N) is 3. The highest BCUT2D eigenvalue weighted by atomic mass is 79.9. The molecule has 0 aliphatic carbocycles. The van der Waals surface area contributed by atoms with E-state index in [2.05, 4.69) is 31.3 Å². The molecule has 0 spiro atoms. The third-order valence-corrected chi connectivity index (χ3v) is 1.57. The standard InChI is InChI=1S/C6H11BrN4O/c1-5(7)6(12)9-3-2-4-10-11-8/h5H,2-4H2,1H3,(H,9,12). The van der Waals surface area contributed by atoms with Crippen molar-refractivity contribution in [3.05, 3.63) is 10.4 Å². The molecule has 0 saturated carbocycles. The third-order valence-electron chi connectivity index (χ3n) is 1.16. The Hall–Kier alpha value is -0.740. The Morgan fingerprint density at radius 2 is 2.50 bits per heavy atom. The van der Waals surface area contributed by atoms with Gasteiger partial charge in [0.1, 0.15) is 0 Å². The van der Waals surface area contributed by atoms with Gasteiger partial charge in [-0.1, -0.05) is 21.0 Å². The number of hydrogen-bond acceptors (Lipinski definition) is 2.